The Labute approximate surface area is 76.2 Å². The molecule has 0 spiro atoms. The van der Waals surface area contributed by atoms with Gasteiger partial charge in [0, 0.05) is 18.7 Å². The Bertz CT molecular complexity index is 87.8. The van der Waals surface area contributed by atoms with Crippen molar-refractivity contribution in [3.63, 3.8) is 0 Å². The highest BCUT2D eigenvalue weighted by atomic mass is 35.5. The van der Waals surface area contributed by atoms with Crippen LogP contribution in [0.1, 0.15) is 6.92 Å². The molecule has 0 unspecified atom stereocenters. The molecular weight excluding hydrogens is 191 g/mol. The monoisotopic (exact) mass is 202 g/mol. The van der Waals surface area contributed by atoms with Crippen LogP contribution in [0.15, 0.2) is 0 Å². The molecule has 0 atom stereocenters. The van der Waals surface area contributed by atoms with E-state index < -0.39 is 5.97 Å². The second-order valence-electron chi connectivity index (χ2n) is 1.97. The molecule has 3 nitrogen and oxygen atoms in total. The van der Waals surface area contributed by atoms with Crippen LogP contribution >= 0.6 is 23.2 Å². The molecule has 0 heterocycles. The zero-order chi connectivity index (χ0) is 8.74. The van der Waals surface area contributed by atoms with Crippen molar-refractivity contribution in [3.8, 4) is 0 Å². The van der Waals surface area contributed by atoms with Gasteiger partial charge in [0.05, 0.1) is 13.2 Å². The van der Waals surface area contributed by atoms with Crippen molar-refractivity contribution in [1.29, 1.82) is 0 Å². The van der Waals surface area contributed by atoms with E-state index in [9.17, 15) is 5.11 Å². The molecule has 68 valence electrons. The van der Waals surface area contributed by atoms with Crippen LogP contribution in [-0.4, -0.2) is 36.1 Å². The highest BCUT2D eigenvalue weighted by Gasteiger charge is 2.20. The molecule has 0 radical (unpaired) electrons. The Balaban J connectivity index is 3.43. The lowest BCUT2D eigenvalue weighted by atomic mass is 10.6. The average Bonchev–Trinajstić information content (AvgIpc) is 1.97. The van der Waals surface area contributed by atoms with E-state index in [-0.39, 0.29) is 13.2 Å². The van der Waals surface area contributed by atoms with Crippen LogP contribution in [0.5, 0.6) is 0 Å². The smallest absolute Gasteiger partial charge is 0.277 e. The minimum absolute atomic E-state index is 0.247. The number of hydrogen-bond acceptors (Lipinski definition) is 3. The van der Waals surface area contributed by atoms with E-state index in [0.29, 0.717) is 11.8 Å². The molecular formula is C6H12Cl2O3. The summed E-state index contributed by atoms with van der Waals surface area (Å²) in [6.07, 6.45) is 0. The molecule has 0 rings (SSSR count). The number of halogens is 2. The van der Waals surface area contributed by atoms with Crippen molar-refractivity contribution in [3.05, 3.63) is 0 Å². The number of rotatable bonds is 6. The number of alkyl halides is 2. The molecule has 0 saturated heterocycles. The SMILES string of the molecule is CC(O)(OCCCl)OCCCl. The second-order valence-corrected chi connectivity index (χ2v) is 2.73. The first-order chi connectivity index (χ1) is 5.12. The highest BCUT2D eigenvalue weighted by molar-refractivity contribution is 6.18. The van der Waals surface area contributed by atoms with Crippen molar-refractivity contribution in [2.75, 3.05) is 25.0 Å². The Kier molecular flexibility index (Phi) is 6.28. The summed E-state index contributed by atoms with van der Waals surface area (Å²) >= 11 is 10.6. The van der Waals surface area contributed by atoms with Crippen LogP contribution in [0.2, 0.25) is 0 Å². The van der Waals surface area contributed by atoms with Gasteiger partial charge in [-0.15, -0.1) is 23.2 Å². The normalized spacial score (nSPS) is 12.0. The van der Waals surface area contributed by atoms with E-state index in [1.54, 1.807) is 0 Å². The maximum Gasteiger partial charge on any atom is 0.277 e. The van der Waals surface area contributed by atoms with E-state index in [1.807, 2.05) is 0 Å². The Morgan fingerprint density at radius 3 is 1.82 bits per heavy atom. The van der Waals surface area contributed by atoms with Gasteiger partial charge in [-0.05, 0) is 0 Å². The van der Waals surface area contributed by atoms with Crippen LogP contribution < -0.4 is 0 Å². The van der Waals surface area contributed by atoms with Crippen molar-refractivity contribution in [2.24, 2.45) is 0 Å². The molecule has 1 N–H and O–H groups in total. The summed E-state index contributed by atoms with van der Waals surface area (Å²) in [6, 6.07) is 0. The molecule has 0 aliphatic carbocycles. The summed E-state index contributed by atoms with van der Waals surface area (Å²) in [5.41, 5.74) is 0. The molecule has 0 amide bonds. The molecule has 0 aromatic rings. The van der Waals surface area contributed by atoms with Crippen LogP contribution in [0, 0.1) is 0 Å². The van der Waals surface area contributed by atoms with Crippen molar-refractivity contribution >= 4 is 23.2 Å². The molecule has 11 heavy (non-hydrogen) atoms. The highest BCUT2D eigenvalue weighted by Crippen LogP contribution is 2.07. The van der Waals surface area contributed by atoms with Gasteiger partial charge in [-0.25, -0.2) is 0 Å². The molecule has 0 aromatic heterocycles. The largest absolute Gasteiger partial charge is 0.344 e. The molecule has 5 heteroatoms. The molecule has 0 bridgehead atoms. The standard InChI is InChI=1S/C6H12Cl2O3/c1-6(9,10-4-2-7)11-5-3-8/h9H,2-5H2,1H3. The fraction of sp³-hybridized carbons (Fsp3) is 1.00. The van der Waals surface area contributed by atoms with Gasteiger partial charge in [-0.3, -0.25) is 0 Å². The Morgan fingerprint density at radius 1 is 1.18 bits per heavy atom. The van der Waals surface area contributed by atoms with Gasteiger partial charge in [-0.2, -0.15) is 0 Å². The quantitative estimate of drug-likeness (QED) is 0.520. The first kappa shape index (κ1) is 11.5. The van der Waals surface area contributed by atoms with Crippen LogP contribution in [0.3, 0.4) is 0 Å². The summed E-state index contributed by atoms with van der Waals surface area (Å²) in [7, 11) is 0. The fourth-order valence-electron chi connectivity index (χ4n) is 0.498. The summed E-state index contributed by atoms with van der Waals surface area (Å²) in [4.78, 5) is 0. The van der Waals surface area contributed by atoms with E-state index in [0.717, 1.165) is 0 Å². The van der Waals surface area contributed by atoms with Gasteiger partial charge in [-0.1, -0.05) is 0 Å². The predicted octanol–water partition coefficient (Wildman–Crippen LogP) is 1.16. The van der Waals surface area contributed by atoms with Crippen LogP contribution in [0.4, 0.5) is 0 Å². The van der Waals surface area contributed by atoms with Crippen LogP contribution in [-0.2, 0) is 9.47 Å². The third-order valence-electron chi connectivity index (χ3n) is 0.894. The molecule has 0 saturated carbocycles. The lowest BCUT2D eigenvalue weighted by Gasteiger charge is -2.22. The zero-order valence-corrected chi connectivity index (χ0v) is 7.86. The molecule has 0 fully saturated rings. The minimum atomic E-state index is -1.57. The molecule has 0 aromatic carbocycles. The Morgan fingerprint density at radius 2 is 1.55 bits per heavy atom. The van der Waals surface area contributed by atoms with Crippen molar-refractivity contribution in [1.82, 2.24) is 0 Å². The predicted molar refractivity (Wildman–Crippen MR) is 44.0 cm³/mol. The lowest BCUT2D eigenvalue weighted by Crippen LogP contribution is -2.33. The van der Waals surface area contributed by atoms with E-state index >= 15 is 0 Å². The summed E-state index contributed by atoms with van der Waals surface area (Å²) in [5, 5.41) is 9.21. The average molecular weight is 203 g/mol. The fourth-order valence-corrected chi connectivity index (χ4v) is 0.652. The van der Waals surface area contributed by atoms with Gasteiger partial charge in [0.2, 0.25) is 0 Å². The van der Waals surface area contributed by atoms with Crippen LogP contribution in [0.25, 0.3) is 0 Å². The first-order valence-electron chi connectivity index (χ1n) is 3.24. The van der Waals surface area contributed by atoms with E-state index in [2.05, 4.69) is 0 Å². The van der Waals surface area contributed by atoms with Gasteiger partial charge in [0.25, 0.3) is 5.97 Å². The van der Waals surface area contributed by atoms with Crippen molar-refractivity contribution in [2.45, 2.75) is 12.9 Å². The zero-order valence-electron chi connectivity index (χ0n) is 6.35. The molecule has 0 aliphatic heterocycles. The summed E-state index contributed by atoms with van der Waals surface area (Å²) in [6.45, 7) is 1.89. The van der Waals surface area contributed by atoms with Gasteiger partial charge >= 0.3 is 0 Å². The van der Waals surface area contributed by atoms with Crippen molar-refractivity contribution < 1.29 is 14.6 Å². The summed E-state index contributed by atoms with van der Waals surface area (Å²) in [5.74, 6) is -0.926. The van der Waals surface area contributed by atoms with E-state index in [1.165, 1.54) is 6.92 Å². The number of ether oxygens (including phenoxy) is 2. The van der Waals surface area contributed by atoms with Gasteiger partial charge in [0.15, 0.2) is 0 Å². The molecule has 0 aliphatic rings. The lowest BCUT2D eigenvalue weighted by molar-refractivity contribution is -0.345. The maximum absolute atomic E-state index is 9.21. The topological polar surface area (TPSA) is 38.7 Å². The maximum atomic E-state index is 9.21. The third kappa shape index (κ3) is 6.84. The minimum Gasteiger partial charge on any atom is -0.344 e. The Hall–Kier alpha value is 0.460. The second kappa shape index (κ2) is 6.03. The first-order valence-corrected chi connectivity index (χ1v) is 4.31. The number of aliphatic hydroxyl groups is 1. The van der Waals surface area contributed by atoms with Gasteiger partial charge < -0.3 is 14.6 Å². The van der Waals surface area contributed by atoms with E-state index in [4.69, 9.17) is 32.7 Å². The summed E-state index contributed by atoms with van der Waals surface area (Å²) < 4.78 is 9.65. The third-order valence-corrected chi connectivity index (χ3v) is 1.20. The van der Waals surface area contributed by atoms with Gasteiger partial charge in [0.1, 0.15) is 0 Å². The number of hydrogen-bond donors (Lipinski definition) is 1.